The second-order valence-corrected chi connectivity index (χ2v) is 6.63. The van der Waals surface area contributed by atoms with Gasteiger partial charge in [0.15, 0.2) is 17.5 Å². The first-order valence-electron chi connectivity index (χ1n) is 5.80. The fourth-order valence-corrected chi connectivity index (χ4v) is 2.49. The molecule has 1 N–H and O–H groups in total. The summed E-state index contributed by atoms with van der Waals surface area (Å²) in [6.07, 6.45) is -1.28. The molecule has 0 radical (unpaired) electrons. The molecule has 0 spiro atoms. The third kappa shape index (κ3) is 4.21. The van der Waals surface area contributed by atoms with Gasteiger partial charge >= 0.3 is 0 Å². The molecule has 108 valence electrons. The summed E-state index contributed by atoms with van der Waals surface area (Å²) in [5.74, 6) is -4.56. The van der Waals surface area contributed by atoms with Crippen molar-refractivity contribution in [1.29, 1.82) is 0 Å². The van der Waals surface area contributed by atoms with Crippen LogP contribution in [0.15, 0.2) is 12.1 Å². The standard InChI is InChI=1S/C12H15F3O3S/c1-2-19(17,18)7-3-4-10(16)8-5-6-9(13)12(15)11(8)14/h5-6,10,16H,2-4,7H2,1H3. The van der Waals surface area contributed by atoms with Crippen LogP contribution in [0.4, 0.5) is 13.2 Å². The summed E-state index contributed by atoms with van der Waals surface area (Å²) in [6.45, 7) is 1.50. The molecule has 1 aromatic rings. The maximum Gasteiger partial charge on any atom is 0.194 e. The molecule has 0 amide bonds. The molecule has 0 aromatic heterocycles. The second-order valence-electron chi connectivity index (χ2n) is 4.16. The lowest BCUT2D eigenvalue weighted by Crippen LogP contribution is -2.11. The minimum absolute atomic E-state index is 0.0113. The molecule has 1 rings (SSSR count). The normalized spacial score (nSPS) is 13.5. The van der Waals surface area contributed by atoms with E-state index in [1.165, 1.54) is 6.92 Å². The van der Waals surface area contributed by atoms with E-state index in [1.807, 2.05) is 0 Å². The van der Waals surface area contributed by atoms with E-state index in [2.05, 4.69) is 0 Å². The van der Waals surface area contributed by atoms with Gasteiger partial charge in [-0.1, -0.05) is 13.0 Å². The van der Waals surface area contributed by atoms with Crippen molar-refractivity contribution in [3.8, 4) is 0 Å². The van der Waals surface area contributed by atoms with Gasteiger partial charge in [0.2, 0.25) is 0 Å². The maximum absolute atomic E-state index is 13.3. The minimum atomic E-state index is -3.16. The summed E-state index contributed by atoms with van der Waals surface area (Å²) >= 11 is 0. The number of benzene rings is 1. The summed E-state index contributed by atoms with van der Waals surface area (Å²) < 4.78 is 61.4. The number of hydrogen-bond acceptors (Lipinski definition) is 3. The lowest BCUT2D eigenvalue weighted by Gasteiger charge is -2.12. The Morgan fingerprint density at radius 1 is 1.21 bits per heavy atom. The largest absolute Gasteiger partial charge is 0.388 e. The van der Waals surface area contributed by atoms with E-state index in [0.717, 1.165) is 12.1 Å². The molecule has 0 aliphatic rings. The molecule has 0 aliphatic heterocycles. The highest BCUT2D eigenvalue weighted by Gasteiger charge is 2.19. The van der Waals surface area contributed by atoms with Crippen LogP contribution in [0, 0.1) is 17.5 Å². The summed E-state index contributed by atoms with van der Waals surface area (Å²) in [4.78, 5) is 0. The predicted octanol–water partition coefficient (Wildman–Crippen LogP) is 2.35. The third-order valence-corrected chi connectivity index (χ3v) is 4.59. The Kier molecular flexibility index (Phi) is 5.37. The molecule has 0 aliphatic carbocycles. The van der Waals surface area contributed by atoms with E-state index in [-0.39, 0.29) is 29.9 Å². The number of sulfone groups is 1. The number of halogens is 3. The van der Waals surface area contributed by atoms with Crippen molar-refractivity contribution >= 4 is 9.84 Å². The molecule has 0 bridgehead atoms. The molecule has 1 aromatic carbocycles. The summed E-state index contributed by atoms with van der Waals surface area (Å²) in [5, 5.41) is 9.66. The molecule has 0 saturated heterocycles. The van der Waals surface area contributed by atoms with Crippen molar-refractivity contribution in [2.24, 2.45) is 0 Å². The average molecular weight is 296 g/mol. The van der Waals surface area contributed by atoms with Gasteiger partial charge in [0.1, 0.15) is 9.84 Å². The van der Waals surface area contributed by atoms with Crippen molar-refractivity contribution < 1.29 is 26.7 Å². The van der Waals surface area contributed by atoms with Crippen LogP contribution >= 0.6 is 0 Å². The Morgan fingerprint density at radius 2 is 1.84 bits per heavy atom. The van der Waals surface area contributed by atoms with Crippen molar-refractivity contribution in [2.45, 2.75) is 25.9 Å². The lowest BCUT2D eigenvalue weighted by molar-refractivity contribution is 0.160. The molecule has 0 heterocycles. The van der Waals surface area contributed by atoms with E-state index in [0.29, 0.717) is 0 Å². The van der Waals surface area contributed by atoms with Gasteiger partial charge < -0.3 is 5.11 Å². The Bertz CT molecular complexity index is 543. The molecule has 0 fully saturated rings. The number of hydrogen-bond donors (Lipinski definition) is 1. The van der Waals surface area contributed by atoms with Crippen LogP contribution < -0.4 is 0 Å². The monoisotopic (exact) mass is 296 g/mol. The van der Waals surface area contributed by atoms with Gasteiger partial charge in [-0.25, -0.2) is 21.6 Å². The Labute approximate surface area is 110 Å². The molecule has 3 nitrogen and oxygen atoms in total. The Balaban J connectivity index is 2.69. The summed E-state index contributed by atoms with van der Waals surface area (Å²) in [7, 11) is -3.16. The number of aliphatic hydroxyl groups is 1. The highest BCUT2D eigenvalue weighted by Crippen LogP contribution is 2.24. The SMILES string of the molecule is CCS(=O)(=O)CCCC(O)c1ccc(F)c(F)c1F. The fraction of sp³-hybridized carbons (Fsp3) is 0.500. The van der Waals surface area contributed by atoms with E-state index in [1.54, 1.807) is 0 Å². The number of rotatable bonds is 6. The van der Waals surface area contributed by atoms with Crippen LogP contribution in [0.5, 0.6) is 0 Å². The second kappa shape index (κ2) is 6.38. The molecular formula is C12H15F3O3S. The van der Waals surface area contributed by atoms with Crippen molar-refractivity contribution in [3.63, 3.8) is 0 Å². The van der Waals surface area contributed by atoms with E-state index in [9.17, 15) is 26.7 Å². The van der Waals surface area contributed by atoms with Gasteiger partial charge in [-0.3, -0.25) is 0 Å². The van der Waals surface area contributed by atoms with Gasteiger partial charge in [0, 0.05) is 11.3 Å². The van der Waals surface area contributed by atoms with Crippen LogP contribution in [0.1, 0.15) is 31.4 Å². The van der Waals surface area contributed by atoms with Crippen molar-refractivity contribution in [1.82, 2.24) is 0 Å². The van der Waals surface area contributed by atoms with Crippen LogP contribution in [-0.4, -0.2) is 25.0 Å². The predicted molar refractivity (Wildman–Crippen MR) is 64.8 cm³/mol. The van der Waals surface area contributed by atoms with Crippen molar-refractivity contribution in [3.05, 3.63) is 35.1 Å². The highest BCUT2D eigenvalue weighted by atomic mass is 32.2. The third-order valence-electron chi connectivity index (χ3n) is 2.80. The van der Waals surface area contributed by atoms with Crippen molar-refractivity contribution in [2.75, 3.05) is 11.5 Å². The topological polar surface area (TPSA) is 54.4 Å². The zero-order valence-electron chi connectivity index (χ0n) is 10.4. The first-order valence-corrected chi connectivity index (χ1v) is 7.62. The summed E-state index contributed by atoms with van der Waals surface area (Å²) in [5.41, 5.74) is -0.368. The van der Waals surface area contributed by atoms with Gasteiger partial charge in [-0.15, -0.1) is 0 Å². The fourth-order valence-electron chi connectivity index (χ4n) is 1.59. The molecule has 1 atom stereocenters. The number of aliphatic hydroxyl groups excluding tert-OH is 1. The van der Waals surface area contributed by atoms with E-state index in [4.69, 9.17) is 0 Å². The average Bonchev–Trinajstić information content (AvgIpc) is 2.35. The van der Waals surface area contributed by atoms with Crippen LogP contribution in [0.2, 0.25) is 0 Å². The van der Waals surface area contributed by atoms with E-state index >= 15 is 0 Å². The van der Waals surface area contributed by atoms with E-state index < -0.39 is 33.4 Å². The first-order chi connectivity index (χ1) is 8.78. The molecule has 0 saturated carbocycles. The van der Waals surface area contributed by atoms with Gasteiger partial charge in [0.05, 0.1) is 11.9 Å². The van der Waals surface area contributed by atoms with Gasteiger partial charge in [0.25, 0.3) is 0 Å². The minimum Gasteiger partial charge on any atom is -0.388 e. The van der Waals surface area contributed by atoms with Gasteiger partial charge in [-0.05, 0) is 18.9 Å². The Morgan fingerprint density at radius 3 is 2.42 bits per heavy atom. The molecule has 19 heavy (non-hydrogen) atoms. The van der Waals surface area contributed by atoms with Crippen LogP contribution in [0.25, 0.3) is 0 Å². The smallest absolute Gasteiger partial charge is 0.194 e. The van der Waals surface area contributed by atoms with Crippen LogP contribution in [0.3, 0.4) is 0 Å². The Hall–Kier alpha value is -1.08. The molecule has 7 heteroatoms. The maximum atomic E-state index is 13.3. The zero-order chi connectivity index (χ0) is 14.6. The zero-order valence-corrected chi connectivity index (χ0v) is 11.2. The quantitative estimate of drug-likeness (QED) is 0.820. The lowest BCUT2D eigenvalue weighted by atomic mass is 10.0. The first kappa shape index (κ1) is 16.0. The molecule has 1 unspecified atom stereocenters. The molecular weight excluding hydrogens is 281 g/mol. The van der Waals surface area contributed by atoms with Gasteiger partial charge in [-0.2, -0.15) is 0 Å². The summed E-state index contributed by atoms with van der Waals surface area (Å²) in [6, 6.07) is 1.67. The highest BCUT2D eigenvalue weighted by molar-refractivity contribution is 7.91. The van der Waals surface area contributed by atoms with Crippen LogP contribution in [-0.2, 0) is 9.84 Å².